The minimum Gasteiger partial charge on any atom is -0.453 e. The molecule has 23 heavy (non-hydrogen) atoms. The molecule has 2 aromatic carbocycles. The predicted molar refractivity (Wildman–Crippen MR) is 88.8 cm³/mol. The molecule has 120 valence electrons. The van der Waals surface area contributed by atoms with Crippen LogP contribution in [0.3, 0.4) is 0 Å². The number of amides is 1. The molecule has 0 bridgehead atoms. The van der Waals surface area contributed by atoms with Gasteiger partial charge in [-0.1, -0.05) is 48.5 Å². The van der Waals surface area contributed by atoms with Crippen molar-refractivity contribution in [2.45, 2.75) is 6.54 Å². The van der Waals surface area contributed by atoms with E-state index < -0.39 is 6.09 Å². The van der Waals surface area contributed by atoms with E-state index in [0.29, 0.717) is 18.8 Å². The number of rotatable bonds is 7. The minimum atomic E-state index is -0.437. The van der Waals surface area contributed by atoms with Gasteiger partial charge in [-0.25, -0.2) is 9.80 Å². The number of nitrogens with zero attached hydrogens (tertiary/aromatic N) is 3. The Morgan fingerprint density at radius 1 is 1.00 bits per heavy atom. The zero-order valence-corrected chi connectivity index (χ0v) is 13.0. The maximum atomic E-state index is 11.9. The van der Waals surface area contributed by atoms with Crippen molar-refractivity contribution < 1.29 is 9.53 Å². The number of nitroso groups, excluding NO2 is 1. The van der Waals surface area contributed by atoms with E-state index in [1.54, 1.807) is 12.1 Å². The Morgan fingerprint density at radius 3 is 2.17 bits per heavy atom. The highest BCUT2D eigenvalue weighted by Gasteiger charge is 2.16. The molecule has 0 saturated carbocycles. The van der Waals surface area contributed by atoms with E-state index in [1.165, 1.54) is 17.0 Å². The molecule has 0 unspecified atom stereocenters. The second kappa shape index (κ2) is 8.53. The number of benzene rings is 2. The van der Waals surface area contributed by atoms with Crippen molar-refractivity contribution in [3.05, 3.63) is 71.1 Å². The number of carbonyl (C=O) groups is 1. The molecule has 2 aromatic rings. The van der Waals surface area contributed by atoms with E-state index >= 15 is 0 Å². The SMILES string of the molecule is COC(=O)N(CCN(N=O)c1ccccc1)Cc1ccccc1. The van der Waals surface area contributed by atoms with Crippen LogP contribution in [-0.2, 0) is 11.3 Å². The molecule has 2 rings (SSSR count). The number of methoxy groups -OCH3 is 1. The molecule has 6 nitrogen and oxygen atoms in total. The Bertz CT molecular complexity index is 619. The van der Waals surface area contributed by atoms with Crippen LogP contribution in [0.25, 0.3) is 0 Å². The summed E-state index contributed by atoms with van der Waals surface area (Å²) in [7, 11) is 1.34. The molecule has 0 fully saturated rings. The average Bonchev–Trinajstić information content (AvgIpc) is 2.62. The van der Waals surface area contributed by atoms with E-state index in [9.17, 15) is 9.70 Å². The average molecular weight is 313 g/mol. The van der Waals surface area contributed by atoms with Gasteiger partial charge in [-0.05, 0) is 17.7 Å². The van der Waals surface area contributed by atoms with Crippen LogP contribution in [0.1, 0.15) is 5.56 Å². The van der Waals surface area contributed by atoms with Gasteiger partial charge in [-0.3, -0.25) is 0 Å². The molecule has 0 N–H and O–H groups in total. The molecule has 0 aliphatic rings. The molecular formula is C17H19N3O3. The summed E-state index contributed by atoms with van der Waals surface area (Å²) in [6, 6.07) is 18.7. The van der Waals surface area contributed by atoms with Crippen molar-refractivity contribution in [3.8, 4) is 0 Å². The van der Waals surface area contributed by atoms with Crippen molar-refractivity contribution in [1.82, 2.24) is 4.90 Å². The lowest BCUT2D eigenvalue weighted by Gasteiger charge is -2.24. The molecule has 0 aromatic heterocycles. The molecule has 0 saturated heterocycles. The quantitative estimate of drug-likeness (QED) is 0.580. The van der Waals surface area contributed by atoms with Crippen molar-refractivity contribution in [2.75, 3.05) is 25.2 Å². The summed E-state index contributed by atoms with van der Waals surface area (Å²) in [5.74, 6) is 0. The molecule has 6 heteroatoms. The Kier molecular flexibility index (Phi) is 6.11. The van der Waals surface area contributed by atoms with Crippen LogP contribution >= 0.6 is 0 Å². The first-order chi connectivity index (χ1) is 11.2. The van der Waals surface area contributed by atoms with E-state index in [-0.39, 0.29) is 6.54 Å². The number of carbonyl (C=O) groups excluding carboxylic acids is 1. The first kappa shape index (κ1) is 16.5. The zero-order chi connectivity index (χ0) is 16.5. The van der Waals surface area contributed by atoms with Crippen molar-refractivity contribution in [3.63, 3.8) is 0 Å². The van der Waals surface area contributed by atoms with Crippen molar-refractivity contribution >= 4 is 11.8 Å². The van der Waals surface area contributed by atoms with E-state index in [4.69, 9.17) is 4.74 Å². The monoisotopic (exact) mass is 313 g/mol. The Hall–Kier alpha value is -2.89. The largest absolute Gasteiger partial charge is 0.453 e. The summed E-state index contributed by atoms with van der Waals surface area (Å²) in [6.45, 7) is 1.02. The summed E-state index contributed by atoms with van der Waals surface area (Å²) in [4.78, 5) is 24.5. The highest BCUT2D eigenvalue weighted by molar-refractivity contribution is 5.67. The van der Waals surface area contributed by atoms with Crippen LogP contribution in [0.2, 0.25) is 0 Å². The normalized spacial score (nSPS) is 9.96. The minimum absolute atomic E-state index is 0.287. The fourth-order valence-electron chi connectivity index (χ4n) is 2.20. The summed E-state index contributed by atoms with van der Waals surface area (Å²) in [6.07, 6.45) is -0.437. The molecular weight excluding hydrogens is 294 g/mol. The fourth-order valence-corrected chi connectivity index (χ4v) is 2.20. The van der Waals surface area contributed by atoms with Gasteiger partial charge in [0.05, 0.1) is 24.6 Å². The third-order valence-electron chi connectivity index (χ3n) is 3.38. The first-order valence-electron chi connectivity index (χ1n) is 7.27. The van der Waals surface area contributed by atoms with Crippen LogP contribution < -0.4 is 5.01 Å². The lowest BCUT2D eigenvalue weighted by Crippen LogP contribution is -2.36. The van der Waals surface area contributed by atoms with Gasteiger partial charge in [0.15, 0.2) is 0 Å². The van der Waals surface area contributed by atoms with E-state index in [1.807, 2.05) is 48.5 Å². The lowest BCUT2D eigenvalue weighted by molar-refractivity contribution is 0.122. The maximum Gasteiger partial charge on any atom is 0.409 e. The third kappa shape index (κ3) is 4.81. The number of ether oxygens (including phenoxy) is 1. The van der Waals surface area contributed by atoms with Crippen LogP contribution in [0.15, 0.2) is 65.9 Å². The van der Waals surface area contributed by atoms with Crippen LogP contribution in [0.5, 0.6) is 0 Å². The summed E-state index contributed by atoms with van der Waals surface area (Å²) >= 11 is 0. The smallest absolute Gasteiger partial charge is 0.409 e. The highest BCUT2D eigenvalue weighted by atomic mass is 16.5. The lowest BCUT2D eigenvalue weighted by atomic mass is 10.2. The van der Waals surface area contributed by atoms with Crippen molar-refractivity contribution in [1.29, 1.82) is 0 Å². The molecule has 0 heterocycles. The van der Waals surface area contributed by atoms with Crippen LogP contribution in [0.4, 0.5) is 10.5 Å². The highest BCUT2D eigenvalue weighted by Crippen LogP contribution is 2.14. The van der Waals surface area contributed by atoms with Crippen molar-refractivity contribution in [2.24, 2.45) is 5.29 Å². The topological polar surface area (TPSA) is 62.2 Å². The van der Waals surface area contributed by atoms with Gasteiger partial charge in [0.1, 0.15) is 0 Å². The van der Waals surface area contributed by atoms with E-state index in [0.717, 1.165) is 5.56 Å². The van der Waals surface area contributed by atoms with E-state index in [2.05, 4.69) is 5.29 Å². The molecule has 1 amide bonds. The fraction of sp³-hybridized carbons (Fsp3) is 0.235. The molecule has 0 atom stereocenters. The van der Waals surface area contributed by atoms with Gasteiger partial charge < -0.3 is 9.64 Å². The summed E-state index contributed by atoms with van der Waals surface area (Å²) in [5, 5.41) is 4.35. The Morgan fingerprint density at radius 2 is 1.61 bits per heavy atom. The Balaban J connectivity index is 2.03. The number of hydrogen-bond donors (Lipinski definition) is 0. The summed E-state index contributed by atoms with van der Waals surface area (Å²) < 4.78 is 4.82. The molecule has 0 spiro atoms. The van der Waals surface area contributed by atoms with Gasteiger partial charge >= 0.3 is 6.09 Å². The second-order valence-electron chi connectivity index (χ2n) is 4.92. The first-order valence-corrected chi connectivity index (χ1v) is 7.27. The van der Waals surface area contributed by atoms with Gasteiger partial charge in [0.2, 0.25) is 0 Å². The number of anilines is 1. The number of hydrogen-bond acceptors (Lipinski definition) is 4. The van der Waals surface area contributed by atoms with Crippen LogP contribution in [-0.4, -0.2) is 31.2 Å². The number of para-hydroxylation sites is 1. The van der Waals surface area contributed by atoms with Gasteiger partial charge in [0.25, 0.3) is 0 Å². The second-order valence-corrected chi connectivity index (χ2v) is 4.92. The standard InChI is InChI=1S/C17H19N3O3/c1-23-17(21)19(14-15-8-4-2-5-9-15)12-13-20(18-22)16-10-6-3-7-11-16/h2-11H,12-14H2,1H3. The third-order valence-corrected chi connectivity index (χ3v) is 3.38. The Labute approximate surface area is 135 Å². The molecule has 0 aliphatic heterocycles. The molecule has 0 aliphatic carbocycles. The summed E-state index contributed by atoms with van der Waals surface area (Å²) in [5.41, 5.74) is 1.68. The predicted octanol–water partition coefficient (Wildman–Crippen LogP) is 3.44. The van der Waals surface area contributed by atoms with Gasteiger partial charge in [0, 0.05) is 13.1 Å². The van der Waals surface area contributed by atoms with Gasteiger partial charge in [-0.2, -0.15) is 0 Å². The zero-order valence-electron chi connectivity index (χ0n) is 13.0. The van der Waals surface area contributed by atoms with Crippen LogP contribution in [0, 0.1) is 4.91 Å². The maximum absolute atomic E-state index is 11.9. The molecule has 0 radical (unpaired) electrons. The van der Waals surface area contributed by atoms with Gasteiger partial charge in [-0.15, -0.1) is 4.91 Å².